The zero-order valence-corrected chi connectivity index (χ0v) is 11.5. The van der Waals surface area contributed by atoms with Gasteiger partial charge in [-0.1, -0.05) is 26.0 Å². The van der Waals surface area contributed by atoms with Gasteiger partial charge in [0.25, 0.3) is 0 Å². The Balaban J connectivity index is 2.55. The first-order valence-electron chi connectivity index (χ1n) is 6.30. The third-order valence-corrected chi connectivity index (χ3v) is 2.65. The van der Waals surface area contributed by atoms with Crippen molar-refractivity contribution in [1.29, 1.82) is 0 Å². The fourth-order valence-corrected chi connectivity index (χ4v) is 1.97. The average Bonchev–Trinajstić information content (AvgIpc) is 2.27. The van der Waals surface area contributed by atoms with Crippen LogP contribution >= 0.6 is 0 Å². The smallest absolute Gasteiger partial charge is 0.387 e. The van der Waals surface area contributed by atoms with Gasteiger partial charge in [0.05, 0.1) is 6.10 Å². The van der Waals surface area contributed by atoms with Gasteiger partial charge in [0.1, 0.15) is 5.75 Å². The van der Waals surface area contributed by atoms with E-state index in [0.29, 0.717) is 18.0 Å². The topological polar surface area (TPSA) is 32.7 Å². The predicted octanol–water partition coefficient (Wildman–Crippen LogP) is 2.91. The molecule has 108 valence electrons. The molecule has 3 nitrogen and oxygen atoms in total. The van der Waals surface area contributed by atoms with Crippen molar-refractivity contribution in [3.63, 3.8) is 0 Å². The highest BCUT2D eigenvalue weighted by Crippen LogP contribution is 2.20. The lowest BCUT2D eigenvalue weighted by Crippen LogP contribution is -2.28. The third kappa shape index (κ3) is 5.98. The van der Waals surface area contributed by atoms with Gasteiger partial charge in [-0.25, -0.2) is 0 Å². The summed E-state index contributed by atoms with van der Waals surface area (Å²) < 4.78 is 28.2. The van der Waals surface area contributed by atoms with E-state index in [1.165, 1.54) is 12.1 Å². The number of benzene rings is 1. The molecule has 0 aliphatic rings. The molecule has 1 rings (SSSR count). The number of aliphatic hydroxyl groups excluding tert-OH is 1. The summed E-state index contributed by atoms with van der Waals surface area (Å²) >= 11 is 0. The van der Waals surface area contributed by atoms with Crippen LogP contribution in [0.15, 0.2) is 24.3 Å². The van der Waals surface area contributed by atoms with Crippen LogP contribution in [0.5, 0.6) is 5.75 Å². The van der Waals surface area contributed by atoms with Gasteiger partial charge in [-0.15, -0.1) is 0 Å². The van der Waals surface area contributed by atoms with Gasteiger partial charge in [0.2, 0.25) is 0 Å². The second-order valence-corrected chi connectivity index (χ2v) is 5.08. The van der Waals surface area contributed by atoms with E-state index in [2.05, 4.69) is 18.6 Å². The molecule has 19 heavy (non-hydrogen) atoms. The Morgan fingerprint density at radius 3 is 2.21 bits per heavy atom. The molecule has 0 spiro atoms. The van der Waals surface area contributed by atoms with E-state index in [-0.39, 0.29) is 5.75 Å². The Kier molecular flexibility index (Phi) is 6.18. The lowest BCUT2D eigenvalue weighted by atomic mass is 10.1. The molecular formula is C14H21F2NO2. The molecule has 0 saturated carbocycles. The summed E-state index contributed by atoms with van der Waals surface area (Å²) in [6.45, 7) is 2.79. The summed E-state index contributed by atoms with van der Waals surface area (Å²) in [6, 6.07) is 6.08. The zero-order chi connectivity index (χ0) is 14.4. The third-order valence-electron chi connectivity index (χ3n) is 2.65. The number of aliphatic hydroxyl groups is 1. The molecule has 1 atom stereocenters. The minimum atomic E-state index is -2.83. The highest BCUT2D eigenvalue weighted by atomic mass is 19.3. The lowest BCUT2D eigenvalue weighted by molar-refractivity contribution is -0.0498. The summed E-state index contributed by atoms with van der Waals surface area (Å²) in [5.41, 5.74) is 0.692. The summed E-state index contributed by atoms with van der Waals surface area (Å²) in [7, 11) is 1.94. The fourth-order valence-electron chi connectivity index (χ4n) is 1.97. The van der Waals surface area contributed by atoms with E-state index in [1.54, 1.807) is 12.1 Å². The molecule has 0 bridgehead atoms. The maximum absolute atomic E-state index is 12.0. The van der Waals surface area contributed by atoms with Gasteiger partial charge in [0.15, 0.2) is 0 Å². The van der Waals surface area contributed by atoms with Crippen LogP contribution in [-0.4, -0.2) is 36.8 Å². The van der Waals surface area contributed by atoms with Crippen molar-refractivity contribution < 1.29 is 18.6 Å². The molecule has 1 aromatic carbocycles. The monoisotopic (exact) mass is 273 g/mol. The van der Waals surface area contributed by atoms with Gasteiger partial charge in [-0.2, -0.15) is 8.78 Å². The van der Waals surface area contributed by atoms with Crippen LogP contribution in [-0.2, 0) is 0 Å². The van der Waals surface area contributed by atoms with E-state index >= 15 is 0 Å². The quantitative estimate of drug-likeness (QED) is 0.829. The molecular weight excluding hydrogens is 252 g/mol. The molecule has 5 heteroatoms. The first-order chi connectivity index (χ1) is 8.88. The molecule has 0 saturated heterocycles. The van der Waals surface area contributed by atoms with E-state index in [9.17, 15) is 13.9 Å². The first-order valence-corrected chi connectivity index (χ1v) is 6.30. The van der Waals surface area contributed by atoms with Crippen LogP contribution in [0.3, 0.4) is 0 Å². The average molecular weight is 273 g/mol. The predicted molar refractivity (Wildman–Crippen MR) is 70.4 cm³/mol. The molecule has 0 heterocycles. The van der Waals surface area contributed by atoms with Crippen molar-refractivity contribution >= 4 is 0 Å². The number of ether oxygens (including phenoxy) is 1. The highest BCUT2D eigenvalue weighted by Gasteiger charge is 2.12. The second-order valence-electron chi connectivity index (χ2n) is 5.08. The van der Waals surface area contributed by atoms with Crippen molar-refractivity contribution in [2.45, 2.75) is 26.6 Å². The van der Waals surface area contributed by atoms with Crippen molar-refractivity contribution in [3.8, 4) is 5.75 Å². The van der Waals surface area contributed by atoms with Crippen molar-refractivity contribution in [3.05, 3.63) is 29.8 Å². The summed E-state index contributed by atoms with van der Waals surface area (Å²) in [4.78, 5) is 2.04. The van der Waals surface area contributed by atoms with Gasteiger partial charge in [-0.05, 0) is 30.7 Å². The van der Waals surface area contributed by atoms with Crippen LogP contribution in [0, 0.1) is 5.92 Å². The van der Waals surface area contributed by atoms with Crippen molar-refractivity contribution in [2.24, 2.45) is 5.92 Å². The molecule has 0 fully saturated rings. The van der Waals surface area contributed by atoms with Gasteiger partial charge in [-0.3, -0.25) is 0 Å². The first kappa shape index (κ1) is 15.9. The number of halogens is 2. The standard InChI is InChI=1S/C14H21F2NO2/c1-10(2)8-17(3)9-13(18)11-4-6-12(7-5-11)19-14(15)16/h4-7,10,13-14,18H,8-9H2,1-3H3. The largest absolute Gasteiger partial charge is 0.435 e. The number of alkyl halides is 2. The molecule has 1 unspecified atom stereocenters. The molecule has 1 aromatic rings. The number of hydrogen-bond donors (Lipinski definition) is 1. The van der Waals surface area contributed by atoms with Gasteiger partial charge in [0, 0.05) is 13.1 Å². The molecule has 0 radical (unpaired) electrons. The van der Waals surface area contributed by atoms with Crippen molar-refractivity contribution in [2.75, 3.05) is 20.1 Å². The number of likely N-dealkylation sites (N-methyl/N-ethyl adjacent to an activating group) is 1. The Morgan fingerprint density at radius 2 is 1.74 bits per heavy atom. The van der Waals surface area contributed by atoms with E-state index in [0.717, 1.165) is 6.54 Å². The Bertz CT molecular complexity index is 368. The van der Waals surface area contributed by atoms with Gasteiger partial charge < -0.3 is 14.7 Å². The molecule has 0 amide bonds. The number of nitrogens with zero attached hydrogens (tertiary/aromatic N) is 1. The number of hydrogen-bond acceptors (Lipinski definition) is 3. The Labute approximate surface area is 112 Å². The van der Waals surface area contributed by atoms with Crippen LogP contribution in [0.2, 0.25) is 0 Å². The lowest BCUT2D eigenvalue weighted by Gasteiger charge is -2.22. The minimum Gasteiger partial charge on any atom is -0.435 e. The normalized spacial score (nSPS) is 13.3. The maximum atomic E-state index is 12.0. The van der Waals surface area contributed by atoms with Gasteiger partial charge >= 0.3 is 6.61 Å². The molecule has 0 aliphatic carbocycles. The highest BCUT2D eigenvalue weighted by molar-refractivity contribution is 5.28. The fraction of sp³-hybridized carbons (Fsp3) is 0.571. The van der Waals surface area contributed by atoms with Crippen LogP contribution < -0.4 is 4.74 Å². The van der Waals surface area contributed by atoms with Crippen LogP contribution in [0.25, 0.3) is 0 Å². The second kappa shape index (κ2) is 7.40. The minimum absolute atomic E-state index is 0.0986. The molecule has 0 aliphatic heterocycles. The molecule has 1 N–H and O–H groups in total. The summed E-state index contributed by atoms with van der Waals surface area (Å²) in [6.07, 6.45) is -0.635. The SMILES string of the molecule is CC(C)CN(C)CC(O)c1ccc(OC(F)F)cc1. The van der Waals surface area contributed by atoms with E-state index in [4.69, 9.17) is 0 Å². The Hall–Kier alpha value is -1.20. The van der Waals surface area contributed by atoms with E-state index in [1.807, 2.05) is 11.9 Å². The zero-order valence-electron chi connectivity index (χ0n) is 11.5. The summed E-state index contributed by atoms with van der Waals surface area (Å²) in [5, 5.41) is 10.0. The maximum Gasteiger partial charge on any atom is 0.387 e. The van der Waals surface area contributed by atoms with Crippen LogP contribution in [0.4, 0.5) is 8.78 Å². The Morgan fingerprint density at radius 1 is 1.16 bits per heavy atom. The molecule has 0 aromatic heterocycles. The summed E-state index contributed by atoms with van der Waals surface area (Å²) in [5.74, 6) is 0.625. The number of rotatable bonds is 7. The van der Waals surface area contributed by atoms with Crippen LogP contribution in [0.1, 0.15) is 25.5 Å². The van der Waals surface area contributed by atoms with E-state index < -0.39 is 12.7 Å². The van der Waals surface area contributed by atoms with Crippen molar-refractivity contribution in [1.82, 2.24) is 4.90 Å².